The Balaban J connectivity index is 2.20. The van der Waals surface area contributed by atoms with Gasteiger partial charge in [-0.25, -0.2) is 0 Å². The van der Waals surface area contributed by atoms with Crippen molar-refractivity contribution in [1.29, 1.82) is 0 Å². The zero-order valence-corrected chi connectivity index (χ0v) is 15.1. The third kappa shape index (κ3) is 4.55. The van der Waals surface area contributed by atoms with Crippen LogP contribution in [-0.4, -0.2) is 30.4 Å². The topological polar surface area (TPSA) is 44.8 Å². The minimum absolute atomic E-state index is 0.0280. The lowest BCUT2D eigenvalue weighted by Crippen LogP contribution is -2.43. The van der Waals surface area contributed by atoms with E-state index in [0.717, 1.165) is 17.5 Å². The Labute approximate surface area is 139 Å². The Bertz CT molecular complexity index is 569. The first-order valence-electron chi connectivity index (χ1n) is 8.10. The van der Waals surface area contributed by atoms with E-state index in [1.54, 1.807) is 7.11 Å². The van der Waals surface area contributed by atoms with Crippen LogP contribution >= 0.6 is 0 Å². The molecule has 0 saturated carbocycles. The lowest BCUT2D eigenvalue weighted by molar-refractivity contribution is -0.153. The molecular weight excluding hydrogens is 292 g/mol. The van der Waals surface area contributed by atoms with Crippen LogP contribution in [0.1, 0.15) is 51.3 Å². The lowest BCUT2D eigenvalue weighted by Gasteiger charge is -2.37. The zero-order valence-electron chi connectivity index (χ0n) is 15.1. The molecule has 0 aliphatic carbocycles. The minimum atomic E-state index is -0.463. The number of hydrogen-bond acceptors (Lipinski definition) is 4. The van der Waals surface area contributed by atoms with E-state index in [1.807, 2.05) is 46.8 Å². The molecule has 1 aliphatic heterocycles. The van der Waals surface area contributed by atoms with Crippen molar-refractivity contribution >= 4 is 5.97 Å². The number of ether oxygens (including phenoxy) is 3. The molecule has 4 heteroatoms. The largest absolute Gasteiger partial charge is 0.460 e. The van der Waals surface area contributed by atoms with Gasteiger partial charge in [-0.1, -0.05) is 18.2 Å². The maximum Gasteiger partial charge on any atom is 0.310 e. The Hall–Kier alpha value is -1.39. The van der Waals surface area contributed by atoms with Crippen LogP contribution in [0.25, 0.3) is 0 Å². The first-order chi connectivity index (χ1) is 10.6. The Morgan fingerprint density at radius 1 is 1.26 bits per heavy atom. The summed E-state index contributed by atoms with van der Waals surface area (Å²) in [5.74, 6) is -0.194. The van der Waals surface area contributed by atoms with Gasteiger partial charge in [-0.05, 0) is 51.3 Å². The summed E-state index contributed by atoms with van der Waals surface area (Å²) in [6, 6.07) is 6.04. The molecule has 1 aliphatic rings. The Morgan fingerprint density at radius 3 is 2.57 bits per heavy atom. The second-order valence-corrected chi connectivity index (χ2v) is 7.63. The molecule has 1 aromatic carbocycles. The maximum absolute atomic E-state index is 12.2. The van der Waals surface area contributed by atoms with Gasteiger partial charge < -0.3 is 14.2 Å². The normalized spacial score (nSPS) is 18.4. The fourth-order valence-corrected chi connectivity index (χ4v) is 2.80. The molecule has 128 valence electrons. The lowest BCUT2D eigenvalue weighted by atomic mass is 9.87. The van der Waals surface area contributed by atoms with Crippen LogP contribution in [0.15, 0.2) is 18.2 Å². The second-order valence-electron chi connectivity index (χ2n) is 7.63. The van der Waals surface area contributed by atoms with Crippen molar-refractivity contribution in [2.24, 2.45) is 0 Å². The van der Waals surface area contributed by atoms with E-state index in [1.165, 1.54) is 5.56 Å². The summed E-state index contributed by atoms with van der Waals surface area (Å²) in [5, 5.41) is 0. The summed E-state index contributed by atoms with van der Waals surface area (Å²) in [6.45, 7) is 10.3. The Kier molecular flexibility index (Phi) is 5.17. The summed E-state index contributed by atoms with van der Waals surface area (Å²) >= 11 is 0. The van der Waals surface area contributed by atoms with E-state index in [2.05, 4.69) is 6.07 Å². The monoisotopic (exact) mass is 320 g/mol. The van der Waals surface area contributed by atoms with Gasteiger partial charge in [-0.15, -0.1) is 0 Å². The predicted octanol–water partition coefficient (Wildman–Crippen LogP) is 3.44. The number of esters is 1. The molecule has 2 rings (SSSR count). The van der Waals surface area contributed by atoms with Gasteiger partial charge in [-0.3, -0.25) is 4.79 Å². The van der Waals surface area contributed by atoms with Gasteiger partial charge in [-0.2, -0.15) is 0 Å². The quantitative estimate of drug-likeness (QED) is 0.797. The van der Waals surface area contributed by atoms with Crippen molar-refractivity contribution in [3.05, 3.63) is 34.9 Å². The third-order valence-corrected chi connectivity index (χ3v) is 4.26. The number of hydrogen-bond donors (Lipinski definition) is 0. The van der Waals surface area contributed by atoms with E-state index in [9.17, 15) is 4.79 Å². The molecule has 0 fully saturated rings. The fourth-order valence-electron chi connectivity index (χ4n) is 2.80. The first-order valence-corrected chi connectivity index (χ1v) is 8.10. The number of fused-ring (bicyclic) bond motifs is 1. The van der Waals surface area contributed by atoms with Gasteiger partial charge >= 0.3 is 5.97 Å². The summed E-state index contributed by atoms with van der Waals surface area (Å²) in [4.78, 5) is 12.2. The van der Waals surface area contributed by atoms with Crippen molar-refractivity contribution in [3.63, 3.8) is 0 Å². The molecule has 0 radical (unpaired) electrons. The van der Waals surface area contributed by atoms with Gasteiger partial charge in [0.2, 0.25) is 0 Å². The molecule has 0 N–H and O–H groups in total. The van der Waals surface area contributed by atoms with Crippen LogP contribution in [0.3, 0.4) is 0 Å². The average molecular weight is 320 g/mol. The molecule has 1 atom stereocenters. The van der Waals surface area contributed by atoms with E-state index >= 15 is 0 Å². The molecule has 0 unspecified atom stereocenters. The summed E-state index contributed by atoms with van der Waals surface area (Å²) < 4.78 is 17.0. The van der Waals surface area contributed by atoms with Crippen molar-refractivity contribution in [2.75, 3.05) is 7.11 Å². The molecule has 0 amide bonds. The van der Waals surface area contributed by atoms with Crippen LogP contribution < -0.4 is 0 Å². The molecule has 23 heavy (non-hydrogen) atoms. The number of carbonyl (C=O) groups excluding carboxylic acids is 1. The zero-order chi connectivity index (χ0) is 17.3. The van der Waals surface area contributed by atoms with E-state index in [4.69, 9.17) is 14.2 Å². The number of methoxy groups -OCH3 is 1. The van der Waals surface area contributed by atoms with Crippen LogP contribution in [-0.2, 0) is 38.5 Å². The molecule has 0 aromatic heterocycles. The smallest absolute Gasteiger partial charge is 0.310 e. The van der Waals surface area contributed by atoms with Crippen LogP contribution in [0.4, 0.5) is 0 Å². The molecule has 0 spiro atoms. The number of benzene rings is 1. The minimum Gasteiger partial charge on any atom is -0.460 e. The van der Waals surface area contributed by atoms with Crippen molar-refractivity contribution < 1.29 is 19.0 Å². The highest BCUT2D eigenvalue weighted by Gasteiger charge is 2.34. The second kappa shape index (κ2) is 6.62. The van der Waals surface area contributed by atoms with Gasteiger partial charge in [0, 0.05) is 13.5 Å². The molecule has 0 saturated heterocycles. The van der Waals surface area contributed by atoms with Gasteiger partial charge in [0.05, 0.1) is 24.7 Å². The van der Waals surface area contributed by atoms with E-state index in [-0.39, 0.29) is 17.7 Å². The van der Waals surface area contributed by atoms with Crippen LogP contribution in [0.5, 0.6) is 0 Å². The van der Waals surface area contributed by atoms with Gasteiger partial charge in [0.1, 0.15) is 5.60 Å². The SMILES string of the molecule is COC(C)(C)[C@H]1Cc2c(cccc2CC(=O)OC(C)(C)C)CO1. The molecular formula is C19H28O4. The van der Waals surface area contributed by atoms with Crippen molar-refractivity contribution in [1.82, 2.24) is 0 Å². The third-order valence-electron chi connectivity index (χ3n) is 4.26. The van der Waals surface area contributed by atoms with Crippen molar-refractivity contribution in [2.45, 2.75) is 71.4 Å². The van der Waals surface area contributed by atoms with Crippen LogP contribution in [0, 0.1) is 0 Å². The summed E-state index contributed by atoms with van der Waals surface area (Å²) in [6.07, 6.45) is 1.01. The van der Waals surface area contributed by atoms with Gasteiger partial charge in [0.25, 0.3) is 0 Å². The molecule has 1 heterocycles. The summed E-state index contributed by atoms with van der Waals surface area (Å²) in [7, 11) is 1.70. The summed E-state index contributed by atoms with van der Waals surface area (Å²) in [5.41, 5.74) is 2.54. The van der Waals surface area contributed by atoms with E-state index < -0.39 is 5.60 Å². The highest BCUT2D eigenvalue weighted by Crippen LogP contribution is 2.31. The Morgan fingerprint density at radius 2 is 1.96 bits per heavy atom. The number of rotatable bonds is 4. The maximum atomic E-state index is 12.2. The molecule has 0 bridgehead atoms. The highest BCUT2D eigenvalue weighted by atomic mass is 16.6. The first kappa shape index (κ1) is 18.0. The number of carbonyl (C=O) groups is 1. The highest BCUT2D eigenvalue weighted by molar-refractivity contribution is 5.73. The van der Waals surface area contributed by atoms with E-state index in [0.29, 0.717) is 13.0 Å². The van der Waals surface area contributed by atoms with Crippen LogP contribution in [0.2, 0.25) is 0 Å². The molecule has 4 nitrogen and oxygen atoms in total. The fraction of sp³-hybridized carbons (Fsp3) is 0.632. The molecule has 1 aromatic rings. The van der Waals surface area contributed by atoms with Crippen molar-refractivity contribution in [3.8, 4) is 0 Å². The average Bonchev–Trinajstić information content (AvgIpc) is 2.45. The standard InChI is InChI=1S/C19H28O4/c1-18(2,3)23-17(20)10-13-8-7-9-14-12-22-16(11-15(13)14)19(4,5)21-6/h7-9,16H,10-12H2,1-6H3/t16-/m1/s1. The predicted molar refractivity (Wildman–Crippen MR) is 89.4 cm³/mol. The van der Waals surface area contributed by atoms with Gasteiger partial charge in [0.15, 0.2) is 0 Å².